The predicted molar refractivity (Wildman–Crippen MR) is 78.7 cm³/mol. The zero-order valence-electron chi connectivity index (χ0n) is 13.2. The van der Waals surface area contributed by atoms with Crippen LogP contribution in [0.15, 0.2) is 30.4 Å². The number of amides is 1. The molecule has 0 fully saturated rings. The minimum absolute atomic E-state index is 0.107. The van der Waals surface area contributed by atoms with Crippen LogP contribution in [0.25, 0.3) is 0 Å². The quantitative estimate of drug-likeness (QED) is 0.653. The van der Waals surface area contributed by atoms with Gasteiger partial charge >= 0.3 is 18.2 Å². The van der Waals surface area contributed by atoms with E-state index in [9.17, 15) is 22.8 Å². The molecule has 1 aromatic rings. The smallest absolute Gasteiger partial charge is 0.416 e. The first-order valence-electron chi connectivity index (χ1n) is 6.55. The maximum Gasteiger partial charge on any atom is 0.416 e. The third kappa shape index (κ3) is 5.18. The van der Waals surface area contributed by atoms with Crippen LogP contribution in [0.5, 0.6) is 5.75 Å². The van der Waals surface area contributed by atoms with Crippen molar-refractivity contribution in [2.45, 2.75) is 19.2 Å². The molecule has 24 heavy (non-hydrogen) atoms. The van der Waals surface area contributed by atoms with E-state index in [0.29, 0.717) is 6.07 Å². The maximum atomic E-state index is 12.8. The van der Waals surface area contributed by atoms with Gasteiger partial charge in [-0.1, -0.05) is 6.58 Å². The fourth-order valence-corrected chi connectivity index (χ4v) is 1.66. The molecule has 1 N–H and O–H groups in total. The van der Waals surface area contributed by atoms with Crippen LogP contribution in [-0.4, -0.2) is 32.4 Å². The van der Waals surface area contributed by atoms with Crippen molar-refractivity contribution in [2.75, 3.05) is 19.5 Å². The van der Waals surface area contributed by atoms with E-state index in [4.69, 9.17) is 9.47 Å². The number of esters is 1. The molecule has 0 bridgehead atoms. The first-order chi connectivity index (χ1) is 11.1. The Bertz CT molecular complexity index is 642. The molecule has 1 aromatic carbocycles. The molecule has 6 nitrogen and oxygen atoms in total. The van der Waals surface area contributed by atoms with E-state index >= 15 is 0 Å². The van der Waals surface area contributed by atoms with Crippen LogP contribution in [0.4, 0.5) is 23.7 Å². The minimum Gasteiger partial charge on any atom is -0.497 e. The number of alkyl halides is 3. The normalized spacial score (nSPS) is 12.1. The van der Waals surface area contributed by atoms with Crippen LogP contribution < -0.4 is 10.1 Å². The van der Waals surface area contributed by atoms with Crippen LogP contribution in [0.2, 0.25) is 0 Å². The lowest BCUT2D eigenvalue weighted by molar-refractivity contribution is -0.148. The van der Waals surface area contributed by atoms with Gasteiger partial charge < -0.3 is 14.2 Å². The molecule has 1 unspecified atom stereocenters. The second kappa shape index (κ2) is 7.71. The first-order valence-corrected chi connectivity index (χ1v) is 6.55. The predicted octanol–water partition coefficient (Wildman–Crippen LogP) is 3.38. The SMILES string of the molecule is C=C(C)C(OC(=O)Nc1cc(OC)cc(C(F)(F)F)c1)C(=O)OC. The Balaban J connectivity index is 2.97. The number of hydrogen-bond donors (Lipinski definition) is 1. The average molecular weight is 347 g/mol. The fourth-order valence-electron chi connectivity index (χ4n) is 1.66. The van der Waals surface area contributed by atoms with E-state index < -0.39 is 29.9 Å². The highest BCUT2D eigenvalue weighted by atomic mass is 19.4. The topological polar surface area (TPSA) is 73.9 Å². The molecule has 0 aliphatic rings. The van der Waals surface area contributed by atoms with E-state index in [1.165, 1.54) is 20.1 Å². The lowest BCUT2D eigenvalue weighted by Crippen LogP contribution is -2.31. The molecule has 0 spiro atoms. The van der Waals surface area contributed by atoms with Crippen molar-refractivity contribution >= 4 is 17.7 Å². The molecule has 0 saturated heterocycles. The molecule has 1 rings (SSSR count). The Morgan fingerprint density at radius 3 is 2.29 bits per heavy atom. The van der Waals surface area contributed by atoms with Crippen molar-refractivity contribution in [3.05, 3.63) is 35.9 Å². The highest BCUT2D eigenvalue weighted by Crippen LogP contribution is 2.34. The van der Waals surface area contributed by atoms with Gasteiger partial charge in [-0.3, -0.25) is 5.32 Å². The van der Waals surface area contributed by atoms with Crippen LogP contribution >= 0.6 is 0 Å². The van der Waals surface area contributed by atoms with Crippen molar-refractivity contribution < 1.29 is 37.0 Å². The van der Waals surface area contributed by atoms with Gasteiger partial charge in [0.1, 0.15) is 5.75 Å². The van der Waals surface area contributed by atoms with Crippen LogP contribution in [-0.2, 0) is 20.4 Å². The lowest BCUT2D eigenvalue weighted by Gasteiger charge is -2.17. The molecule has 0 aliphatic heterocycles. The number of anilines is 1. The molecule has 9 heteroatoms. The Labute approximate surface area is 136 Å². The first kappa shape index (κ1) is 19.3. The second-order valence-corrected chi connectivity index (χ2v) is 4.73. The van der Waals surface area contributed by atoms with E-state index in [1.807, 2.05) is 0 Å². The average Bonchev–Trinajstić information content (AvgIpc) is 2.50. The number of ether oxygens (including phenoxy) is 3. The van der Waals surface area contributed by atoms with Gasteiger partial charge in [-0.15, -0.1) is 0 Å². The highest BCUT2D eigenvalue weighted by molar-refractivity contribution is 5.88. The largest absolute Gasteiger partial charge is 0.497 e. The van der Waals surface area contributed by atoms with Crippen molar-refractivity contribution in [1.29, 1.82) is 0 Å². The van der Waals surface area contributed by atoms with Crippen LogP contribution in [0.3, 0.4) is 0 Å². The number of nitrogens with one attached hydrogen (secondary N) is 1. The zero-order chi connectivity index (χ0) is 18.5. The molecule has 0 saturated carbocycles. The highest BCUT2D eigenvalue weighted by Gasteiger charge is 2.32. The van der Waals surface area contributed by atoms with Gasteiger partial charge in [-0.25, -0.2) is 9.59 Å². The summed E-state index contributed by atoms with van der Waals surface area (Å²) in [5.74, 6) is -0.969. The Hall–Kier alpha value is -2.71. The number of carbonyl (C=O) groups is 2. The summed E-state index contributed by atoms with van der Waals surface area (Å²) in [4.78, 5) is 23.3. The summed E-state index contributed by atoms with van der Waals surface area (Å²) < 4.78 is 52.5. The van der Waals surface area contributed by atoms with Crippen molar-refractivity contribution in [1.82, 2.24) is 0 Å². The van der Waals surface area contributed by atoms with Gasteiger partial charge in [0, 0.05) is 11.8 Å². The Morgan fingerprint density at radius 2 is 1.83 bits per heavy atom. The van der Waals surface area contributed by atoms with Gasteiger partial charge in [0.05, 0.1) is 19.8 Å². The van der Waals surface area contributed by atoms with Gasteiger partial charge in [0.25, 0.3) is 0 Å². The van der Waals surface area contributed by atoms with Crippen LogP contribution in [0.1, 0.15) is 12.5 Å². The van der Waals surface area contributed by atoms with Crippen molar-refractivity contribution in [3.63, 3.8) is 0 Å². The van der Waals surface area contributed by atoms with E-state index in [2.05, 4.69) is 16.6 Å². The zero-order valence-corrected chi connectivity index (χ0v) is 13.2. The van der Waals surface area contributed by atoms with E-state index in [0.717, 1.165) is 13.2 Å². The number of hydrogen-bond acceptors (Lipinski definition) is 5. The van der Waals surface area contributed by atoms with E-state index in [1.54, 1.807) is 0 Å². The van der Waals surface area contributed by atoms with Crippen LogP contribution in [0, 0.1) is 0 Å². The van der Waals surface area contributed by atoms with Crippen molar-refractivity contribution in [2.24, 2.45) is 0 Å². The summed E-state index contributed by atoms with van der Waals surface area (Å²) in [7, 11) is 2.28. The molecule has 0 aromatic heterocycles. The molecule has 0 radical (unpaired) electrons. The standard InChI is InChI=1S/C15H16F3NO5/c1-8(2)12(13(20)23-4)24-14(21)19-10-5-9(15(16,17)18)6-11(7-10)22-3/h5-7,12H,1H2,2-4H3,(H,19,21). The van der Waals surface area contributed by atoms with Gasteiger partial charge in [0.2, 0.25) is 6.10 Å². The summed E-state index contributed by atoms with van der Waals surface area (Å²) in [5, 5.41) is 2.10. The molecular formula is C15H16F3NO5. The molecule has 1 amide bonds. The Morgan fingerprint density at radius 1 is 1.21 bits per heavy atom. The fraction of sp³-hybridized carbons (Fsp3) is 0.333. The number of rotatable bonds is 5. The molecular weight excluding hydrogens is 331 g/mol. The minimum atomic E-state index is -4.62. The summed E-state index contributed by atoms with van der Waals surface area (Å²) in [6.45, 7) is 4.92. The lowest BCUT2D eigenvalue weighted by atomic mass is 10.2. The molecule has 0 heterocycles. The second-order valence-electron chi connectivity index (χ2n) is 4.73. The van der Waals surface area contributed by atoms with Gasteiger partial charge in [-0.05, 0) is 24.6 Å². The number of carbonyl (C=O) groups excluding carboxylic acids is 2. The van der Waals surface area contributed by atoms with Gasteiger partial charge in [-0.2, -0.15) is 13.2 Å². The number of halogens is 3. The summed E-state index contributed by atoms with van der Waals surface area (Å²) in [6.07, 6.45) is -7.14. The summed E-state index contributed by atoms with van der Waals surface area (Å²) in [5.41, 5.74) is -1.03. The maximum absolute atomic E-state index is 12.8. The number of benzene rings is 1. The molecule has 1 atom stereocenters. The van der Waals surface area contributed by atoms with Gasteiger partial charge in [0.15, 0.2) is 0 Å². The van der Waals surface area contributed by atoms with E-state index in [-0.39, 0.29) is 17.0 Å². The third-order valence-corrected chi connectivity index (χ3v) is 2.80. The molecule has 0 aliphatic carbocycles. The number of methoxy groups -OCH3 is 2. The summed E-state index contributed by atoms with van der Waals surface area (Å²) >= 11 is 0. The summed E-state index contributed by atoms with van der Waals surface area (Å²) in [6, 6.07) is 2.66. The third-order valence-electron chi connectivity index (χ3n) is 2.80. The molecule has 132 valence electrons. The monoisotopic (exact) mass is 347 g/mol. The van der Waals surface area contributed by atoms with Crippen molar-refractivity contribution in [3.8, 4) is 5.75 Å². The Kier molecular flexibility index (Phi) is 6.21.